The first-order valence-corrected chi connectivity index (χ1v) is 7.30. The topological polar surface area (TPSA) is 67.9 Å². The minimum absolute atomic E-state index is 0.126. The van der Waals surface area contributed by atoms with Crippen molar-refractivity contribution in [1.29, 1.82) is 0 Å². The quantitative estimate of drug-likeness (QED) is 0.624. The number of rotatable bonds is 3. The van der Waals surface area contributed by atoms with Gasteiger partial charge in [0.2, 0.25) is 0 Å². The monoisotopic (exact) mass is 302 g/mol. The molecule has 1 heterocycles. The zero-order valence-electron chi connectivity index (χ0n) is 14.2. The van der Waals surface area contributed by atoms with Crippen LogP contribution in [0.4, 0.5) is 0 Å². The van der Waals surface area contributed by atoms with Crippen LogP contribution in [-0.4, -0.2) is 61.3 Å². The average Bonchev–Trinajstić information content (AvgIpc) is 2.26. The number of ether oxygens (including phenoxy) is 2. The van der Waals surface area contributed by atoms with Crippen LogP contribution in [0, 0.1) is 0 Å². The summed E-state index contributed by atoms with van der Waals surface area (Å²) in [5, 5.41) is 3.24. The third kappa shape index (κ3) is 13.6. The lowest BCUT2D eigenvalue weighted by Crippen LogP contribution is -2.46. The molecule has 0 saturated carbocycles. The standard InChI is InChI=1S/C10H20N2O2.C5H10O2/c1-10(2,3)14-9(13)8-12-6-4-11-5-7-12;1-5(2,3)7-4-6/h11H,4-8H2,1-3H3;4H,1-3H3. The molecule has 0 amide bonds. The van der Waals surface area contributed by atoms with Crippen LogP contribution in [0.1, 0.15) is 41.5 Å². The van der Waals surface area contributed by atoms with Gasteiger partial charge in [0.25, 0.3) is 6.47 Å². The number of carbonyl (C=O) groups is 2. The first-order valence-electron chi connectivity index (χ1n) is 7.30. The average molecular weight is 302 g/mol. The van der Waals surface area contributed by atoms with E-state index in [1.807, 2.05) is 41.5 Å². The number of nitrogens with one attached hydrogen (secondary N) is 1. The van der Waals surface area contributed by atoms with Crippen LogP contribution in [0.2, 0.25) is 0 Å². The third-order valence-corrected chi connectivity index (χ3v) is 2.38. The summed E-state index contributed by atoms with van der Waals surface area (Å²) in [6, 6.07) is 0. The molecule has 0 spiro atoms. The van der Waals surface area contributed by atoms with Gasteiger partial charge in [-0.05, 0) is 41.5 Å². The van der Waals surface area contributed by atoms with Crippen LogP contribution in [0.3, 0.4) is 0 Å². The molecule has 0 radical (unpaired) electrons. The van der Waals surface area contributed by atoms with Crippen molar-refractivity contribution in [2.75, 3.05) is 32.7 Å². The Morgan fingerprint density at radius 2 is 1.62 bits per heavy atom. The molecule has 0 bridgehead atoms. The van der Waals surface area contributed by atoms with Crippen molar-refractivity contribution in [2.45, 2.75) is 52.7 Å². The molecule has 6 heteroatoms. The minimum atomic E-state index is -0.370. The Labute approximate surface area is 128 Å². The summed E-state index contributed by atoms with van der Waals surface area (Å²) in [6.07, 6.45) is 0. The van der Waals surface area contributed by atoms with Gasteiger partial charge < -0.3 is 14.8 Å². The van der Waals surface area contributed by atoms with Gasteiger partial charge in [0.1, 0.15) is 11.2 Å². The fourth-order valence-electron chi connectivity index (χ4n) is 1.57. The van der Waals surface area contributed by atoms with Gasteiger partial charge in [0, 0.05) is 26.2 Å². The highest BCUT2D eigenvalue weighted by Crippen LogP contribution is 2.07. The van der Waals surface area contributed by atoms with Gasteiger partial charge in [-0.3, -0.25) is 14.5 Å². The number of piperazine rings is 1. The minimum Gasteiger partial charge on any atom is -0.462 e. The van der Waals surface area contributed by atoms with Crippen LogP contribution in [0.25, 0.3) is 0 Å². The first-order chi connectivity index (χ1) is 9.53. The highest BCUT2D eigenvalue weighted by atomic mass is 16.6. The van der Waals surface area contributed by atoms with Crippen molar-refractivity contribution in [3.8, 4) is 0 Å². The molecule has 0 aromatic carbocycles. The van der Waals surface area contributed by atoms with Gasteiger partial charge in [-0.15, -0.1) is 0 Å². The predicted octanol–water partition coefficient (Wildman–Crippen LogP) is 1.19. The number of hydrogen-bond donors (Lipinski definition) is 1. The largest absolute Gasteiger partial charge is 0.462 e. The van der Waals surface area contributed by atoms with E-state index in [0.29, 0.717) is 13.0 Å². The van der Waals surface area contributed by atoms with Gasteiger partial charge in [0.15, 0.2) is 0 Å². The molecule has 0 unspecified atom stereocenters. The van der Waals surface area contributed by atoms with Gasteiger partial charge in [0.05, 0.1) is 6.54 Å². The Hall–Kier alpha value is -1.14. The molecule has 6 nitrogen and oxygen atoms in total. The third-order valence-electron chi connectivity index (χ3n) is 2.38. The Morgan fingerprint density at radius 3 is 1.95 bits per heavy atom. The van der Waals surface area contributed by atoms with Crippen LogP contribution in [-0.2, 0) is 19.1 Å². The summed E-state index contributed by atoms with van der Waals surface area (Å²) in [4.78, 5) is 23.2. The fourth-order valence-corrected chi connectivity index (χ4v) is 1.57. The highest BCUT2D eigenvalue weighted by Gasteiger charge is 2.19. The second-order valence-corrected chi connectivity index (χ2v) is 6.94. The molecule has 0 aromatic heterocycles. The zero-order valence-corrected chi connectivity index (χ0v) is 14.2. The summed E-state index contributed by atoms with van der Waals surface area (Å²) in [6.45, 7) is 15.8. The van der Waals surface area contributed by atoms with Crippen LogP contribution < -0.4 is 5.32 Å². The second-order valence-electron chi connectivity index (χ2n) is 6.94. The van der Waals surface area contributed by atoms with Gasteiger partial charge in [-0.25, -0.2) is 0 Å². The van der Waals surface area contributed by atoms with E-state index < -0.39 is 0 Å². The van der Waals surface area contributed by atoms with E-state index in [2.05, 4.69) is 15.0 Å². The normalized spacial score (nSPS) is 16.5. The summed E-state index contributed by atoms with van der Waals surface area (Å²) in [7, 11) is 0. The van der Waals surface area contributed by atoms with Crippen molar-refractivity contribution in [3.63, 3.8) is 0 Å². The van der Waals surface area contributed by atoms with Crippen molar-refractivity contribution in [2.24, 2.45) is 0 Å². The number of nitrogens with zero attached hydrogens (tertiary/aromatic N) is 1. The zero-order chi connectivity index (χ0) is 16.5. The van der Waals surface area contributed by atoms with Gasteiger partial charge >= 0.3 is 5.97 Å². The molecule has 0 atom stereocenters. The maximum atomic E-state index is 11.4. The number of carbonyl (C=O) groups excluding carboxylic acids is 2. The highest BCUT2D eigenvalue weighted by molar-refractivity contribution is 5.72. The lowest BCUT2D eigenvalue weighted by atomic mass is 10.2. The predicted molar refractivity (Wildman–Crippen MR) is 82.1 cm³/mol. The molecule has 21 heavy (non-hydrogen) atoms. The summed E-state index contributed by atoms with van der Waals surface area (Å²) in [5.41, 5.74) is -0.688. The molecule has 1 saturated heterocycles. The van der Waals surface area contributed by atoms with Crippen molar-refractivity contribution < 1.29 is 19.1 Å². The molecule has 1 aliphatic heterocycles. The maximum absolute atomic E-state index is 11.4. The molecule has 1 fully saturated rings. The Morgan fingerprint density at radius 1 is 1.10 bits per heavy atom. The Bertz CT molecular complexity index is 313. The van der Waals surface area contributed by atoms with Gasteiger partial charge in [-0.1, -0.05) is 0 Å². The second kappa shape index (κ2) is 9.00. The summed E-state index contributed by atoms with van der Waals surface area (Å²) < 4.78 is 9.79. The van der Waals surface area contributed by atoms with E-state index in [4.69, 9.17) is 4.74 Å². The van der Waals surface area contributed by atoms with E-state index >= 15 is 0 Å². The van der Waals surface area contributed by atoms with Crippen LogP contribution in [0.5, 0.6) is 0 Å². The molecule has 1 aliphatic rings. The molecular weight excluding hydrogens is 272 g/mol. The van der Waals surface area contributed by atoms with Crippen LogP contribution >= 0.6 is 0 Å². The lowest BCUT2D eigenvalue weighted by molar-refractivity contribution is -0.156. The number of esters is 1. The van der Waals surface area contributed by atoms with E-state index in [-0.39, 0.29) is 17.2 Å². The van der Waals surface area contributed by atoms with Crippen molar-refractivity contribution in [1.82, 2.24) is 10.2 Å². The SMILES string of the molecule is CC(C)(C)OC(=O)CN1CCNCC1.CC(C)(C)OC=O. The van der Waals surface area contributed by atoms with E-state index in [9.17, 15) is 9.59 Å². The molecule has 124 valence electrons. The first kappa shape index (κ1) is 19.9. The van der Waals surface area contributed by atoms with E-state index in [0.717, 1.165) is 26.2 Å². The molecule has 1 N–H and O–H groups in total. The molecule has 0 aliphatic carbocycles. The van der Waals surface area contributed by atoms with Crippen LogP contribution in [0.15, 0.2) is 0 Å². The maximum Gasteiger partial charge on any atom is 0.320 e. The fraction of sp³-hybridized carbons (Fsp3) is 0.867. The smallest absolute Gasteiger partial charge is 0.320 e. The number of hydrogen-bond acceptors (Lipinski definition) is 6. The van der Waals surface area contributed by atoms with Crippen molar-refractivity contribution in [3.05, 3.63) is 0 Å². The molecule has 1 rings (SSSR count). The molecular formula is C15H30N2O4. The Kier molecular flexibility index (Phi) is 8.51. The Balaban J connectivity index is 0.000000486. The van der Waals surface area contributed by atoms with E-state index in [1.54, 1.807) is 0 Å². The van der Waals surface area contributed by atoms with E-state index in [1.165, 1.54) is 0 Å². The van der Waals surface area contributed by atoms with Gasteiger partial charge in [-0.2, -0.15) is 0 Å². The summed E-state index contributed by atoms with van der Waals surface area (Å²) in [5.74, 6) is -0.126. The van der Waals surface area contributed by atoms with Crippen molar-refractivity contribution >= 4 is 12.4 Å². The molecule has 0 aromatic rings. The summed E-state index contributed by atoms with van der Waals surface area (Å²) >= 11 is 0. The lowest BCUT2D eigenvalue weighted by Gasteiger charge is -2.28.